The molecule has 33 heavy (non-hydrogen) atoms. The highest BCUT2D eigenvalue weighted by Gasteiger charge is 2.49. The van der Waals surface area contributed by atoms with E-state index in [2.05, 4.69) is 18.3 Å². The summed E-state index contributed by atoms with van der Waals surface area (Å²) in [6.45, 7) is 10.5. The van der Waals surface area contributed by atoms with Gasteiger partial charge in [-0.05, 0) is 72.0 Å². The smallest absolute Gasteiger partial charge is 0.281 e. The zero-order valence-corrected chi connectivity index (χ0v) is 18.4. The van der Waals surface area contributed by atoms with Gasteiger partial charge in [-0.15, -0.1) is 0 Å². The molecule has 2 aromatic carbocycles. The molecule has 3 nitrogen and oxygen atoms in total. The molecule has 0 saturated carbocycles. The average molecular weight is 456 g/mol. The first-order valence-electron chi connectivity index (χ1n) is 10.5. The van der Waals surface area contributed by atoms with Gasteiger partial charge < -0.3 is 5.11 Å². The van der Waals surface area contributed by atoms with Crippen molar-refractivity contribution in [3.63, 3.8) is 0 Å². The molecule has 0 bridgehead atoms. The van der Waals surface area contributed by atoms with E-state index in [4.69, 9.17) is 0 Å². The van der Waals surface area contributed by atoms with Crippen molar-refractivity contribution in [3.05, 3.63) is 87.3 Å². The third-order valence-corrected chi connectivity index (χ3v) is 6.07. The van der Waals surface area contributed by atoms with Crippen LogP contribution >= 0.6 is 0 Å². The van der Waals surface area contributed by atoms with Crippen molar-refractivity contribution in [3.8, 4) is 6.07 Å². The molecule has 0 spiro atoms. The highest BCUT2D eigenvalue weighted by Crippen LogP contribution is 2.48. The van der Waals surface area contributed by atoms with Gasteiger partial charge in [0.15, 0.2) is 0 Å². The van der Waals surface area contributed by atoms with Crippen LogP contribution in [0, 0.1) is 17.1 Å². The molecule has 2 unspecified atom stereocenters. The molecule has 0 aromatic heterocycles. The summed E-state index contributed by atoms with van der Waals surface area (Å²) in [4.78, 5) is 3.96. The SMILES string of the molecule is C=C/C(C)=C(\N=C)c1ccc(Cc2c(C#N)cc(F)cc2C(F)CC)c2c1C(O)C(F)(F)C2. The zero-order valence-electron chi connectivity index (χ0n) is 18.4. The summed E-state index contributed by atoms with van der Waals surface area (Å²) in [6.07, 6.45) is -2.79. The molecule has 0 saturated heterocycles. The number of aliphatic hydroxyl groups excluding tert-OH is 1. The van der Waals surface area contributed by atoms with Crippen LogP contribution in [0.3, 0.4) is 0 Å². The molecule has 0 amide bonds. The van der Waals surface area contributed by atoms with Crippen molar-refractivity contribution in [1.82, 2.24) is 0 Å². The largest absolute Gasteiger partial charge is 0.382 e. The van der Waals surface area contributed by atoms with Gasteiger partial charge in [0.1, 0.15) is 18.1 Å². The van der Waals surface area contributed by atoms with Gasteiger partial charge in [-0.1, -0.05) is 31.7 Å². The maximum atomic E-state index is 14.7. The van der Waals surface area contributed by atoms with E-state index in [9.17, 15) is 27.9 Å². The molecule has 2 atom stereocenters. The lowest BCUT2D eigenvalue weighted by Gasteiger charge is -2.19. The molecule has 0 aliphatic heterocycles. The molecule has 0 radical (unpaired) electrons. The van der Waals surface area contributed by atoms with Crippen LogP contribution in [0.25, 0.3) is 5.70 Å². The molecule has 7 heteroatoms. The number of hydrogen-bond donors (Lipinski definition) is 1. The summed E-state index contributed by atoms with van der Waals surface area (Å²) in [5.74, 6) is -4.16. The van der Waals surface area contributed by atoms with E-state index in [1.807, 2.05) is 6.07 Å². The molecule has 172 valence electrons. The van der Waals surface area contributed by atoms with E-state index < -0.39 is 30.4 Å². The highest BCUT2D eigenvalue weighted by atomic mass is 19.3. The number of nitriles is 1. The van der Waals surface area contributed by atoms with Gasteiger partial charge in [-0.3, -0.25) is 4.99 Å². The van der Waals surface area contributed by atoms with Gasteiger partial charge in [0.05, 0.1) is 17.3 Å². The Morgan fingerprint density at radius 2 is 2.09 bits per heavy atom. The van der Waals surface area contributed by atoms with E-state index in [1.165, 1.54) is 6.08 Å². The summed E-state index contributed by atoms with van der Waals surface area (Å²) >= 11 is 0. The quantitative estimate of drug-likeness (QED) is 0.292. The fourth-order valence-corrected chi connectivity index (χ4v) is 4.31. The Bertz CT molecular complexity index is 1190. The van der Waals surface area contributed by atoms with Gasteiger partial charge in [-0.25, -0.2) is 17.6 Å². The number of fused-ring (bicyclic) bond motifs is 1. The molecule has 3 rings (SSSR count). The average Bonchev–Trinajstić information content (AvgIpc) is 3.04. The number of benzene rings is 2. The van der Waals surface area contributed by atoms with E-state index in [0.29, 0.717) is 22.4 Å². The van der Waals surface area contributed by atoms with Gasteiger partial charge in [0, 0.05) is 12.0 Å². The fourth-order valence-electron chi connectivity index (χ4n) is 4.31. The van der Waals surface area contributed by atoms with Crippen molar-refractivity contribution >= 4 is 12.4 Å². The van der Waals surface area contributed by atoms with Gasteiger partial charge in [0.2, 0.25) is 0 Å². The second kappa shape index (κ2) is 9.32. The maximum absolute atomic E-state index is 14.7. The van der Waals surface area contributed by atoms with Crippen molar-refractivity contribution in [1.29, 1.82) is 5.26 Å². The maximum Gasteiger partial charge on any atom is 0.281 e. The van der Waals surface area contributed by atoms with Crippen molar-refractivity contribution in [2.75, 3.05) is 0 Å². The molecule has 1 aliphatic rings. The van der Waals surface area contributed by atoms with Crippen molar-refractivity contribution < 1.29 is 22.7 Å². The van der Waals surface area contributed by atoms with Gasteiger partial charge >= 0.3 is 0 Å². The molecule has 2 aromatic rings. The predicted octanol–water partition coefficient (Wildman–Crippen LogP) is 6.55. The minimum absolute atomic E-state index is 0.0213. The molecule has 1 N–H and O–H groups in total. The molecule has 0 heterocycles. The Morgan fingerprint density at radius 1 is 1.39 bits per heavy atom. The number of hydrogen-bond acceptors (Lipinski definition) is 3. The Hall–Kier alpha value is -3.24. The summed E-state index contributed by atoms with van der Waals surface area (Å²) in [5.41, 5.74) is 2.06. The third kappa shape index (κ3) is 4.36. The van der Waals surface area contributed by atoms with Crippen LogP contribution in [0.4, 0.5) is 17.6 Å². The van der Waals surface area contributed by atoms with E-state index in [-0.39, 0.29) is 40.7 Å². The Kier molecular flexibility index (Phi) is 6.89. The number of halogens is 4. The second-order valence-electron chi connectivity index (χ2n) is 8.08. The minimum atomic E-state index is -3.42. The van der Waals surface area contributed by atoms with Crippen LogP contribution < -0.4 is 0 Å². The topological polar surface area (TPSA) is 56.4 Å². The number of allylic oxidation sites excluding steroid dienone is 2. The number of aliphatic hydroxyl groups is 1. The van der Waals surface area contributed by atoms with E-state index in [1.54, 1.807) is 26.0 Å². The second-order valence-corrected chi connectivity index (χ2v) is 8.08. The summed E-state index contributed by atoms with van der Waals surface area (Å²) in [6, 6.07) is 7.08. The van der Waals surface area contributed by atoms with Crippen LogP contribution in [0.2, 0.25) is 0 Å². The Balaban J connectivity index is 2.26. The third-order valence-electron chi connectivity index (χ3n) is 6.07. The molecular formula is C26H24F4N2O. The molecule has 0 fully saturated rings. The standard InChI is InChI=1S/C26H24F4N2O/c1-5-14(3)24(32-4)18-8-7-15(21-12-26(29,30)25(33)23(18)21)10-19-16(13-31)9-17(27)11-20(19)22(28)6-2/h5,7-9,11,22,25,33H,1,4,6,10,12H2,2-3H3/b24-14-. The van der Waals surface area contributed by atoms with Crippen LogP contribution in [0.15, 0.2) is 47.5 Å². The summed E-state index contributed by atoms with van der Waals surface area (Å²) in [5, 5.41) is 20.0. The highest BCUT2D eigenvalue weighted by molar-refractivity contribution is 5.76. The monoisotopic (exact) mass is 456 g/mol. The number of rotatable bonds is 7. The Morgan fingerprint density at radius 3 is 2.67 bits per heavy atom. The Labute approximate surface area is 190 Å². The zero-order chi connectivity index (χ0) is 24.5. The van der Waals surface area contributed by atoms with E-state index in [0.717, 1.165) is 12.1 Å². The van der Waals surface area contributed by atoms with Crippen LogP contribution in [0.1, 0.15) is 71.5 Å². The van der Waals surface area contributed by atoms with E-state index >= 15 is 0 Å². The lowest BCUT2D eigenvalue weighted by atomic mass is 9.87. The van der Waals surface area contributed by atoms with Gasteiger partial charge in [-0.2, -0.15) is 5.26 Å². The van der Waals surface area contributed by atoms with Crippen LogP contribution in [-0.4, -0.2) is 17.7 Å². The molecular weight excluding hydrogens is 432 g/mol. The number of nitrogens with zero attached hydrogens (tertiary/aromatic N) is 2. The number of alkyl halides is 3. The first-order valence-corrected chi connectivity index (χ1v) is 10.5. The fraction of sp³-hybridized carbons (Fsp3) is 0.308. The van der Waals surface area contributed by atoms with Crippen molar-refractivity contribution in [2.45, 2.75) is 51.3 Å². The predicted molar refractivity (Wildman–Crippen MR) is 120 cm³/mol. The molecule has 1 aliphatic carbocycles. The van der Waals surface area contributed by atoms with Gasteiger partial charge in [0.25, 0.3) is 5.92 Å². The minimum Gasteiger partial charge on any atom is -0.382 e. The summed E-state index contributed by atoms with van der Waals surface area (Å²) < 4.78 is 58.0. The lowest BCUT2D eigenvalue weighted by Crippen LogP contribution is -2.22. The van der Waals surface area contributed by atoms with Crippen LogP contribution in [-0.2, 0) is 12.8 Å². The van der Waals surface area contributed by atoms with Crippen LogP contribution in [0.5, 0.6) is 0 Å². The lowest BCUT2D eigenvalue weighted by molar-refractivity contribution is -0.0969. The first-order chi connectivity index (χ1) is 15.6. The summed E-state index contributed by atoms with van der Waals surface area (Å²) in [7, 11) is 0. The van der Waals surface area contributed by atoms with Crippen molar-refractivity contribution in [2.24, 2.45) is 4.99 Å². The number of aliphatic imine (C=N–C) groups is 1. The first kappa shape index (κ1) is 24.4. The normalized spacial score (nSPS) is 18.2.